The quantitative estimate of drug-likeness (QED) is 0.472. The summed E-state index contributed by atoms with van der Waals surface area (Å²) in [5, 5.41) is 10.6. The number of carbonyl (C=O) groups is 1. The van der Waals surface area contributed by atoms with E-state index in [9.17, 15) is 27.9 Å². The van der Waals surface area contributed by atoms with Crippen LogP contribution in [-0.4, -0.2) is 32.4 Å². The van der Waals surface area contributed by atoms with Gasteiger partial charge in [-0.25, -0.2) is 4.98 Å². The molecule has 3 aliphatic rings. The predicted molar refractivity (Wildman–Crippen MR) is 138 cm³/mol. The van der Waals surface area contributed by atoms with Crippen molar-refractivity contribution in [3.63, 3.8) is 0 Å². The van der Waals surface area contributed by atoms with Gasteiger partial charge in [-0.1, -0.05) is 49.2 Å². The summed E-state index contributed by atoms with van der Waals surface area (Å²) in [6.45, 7) is 0.152. The molecule has 0 saturated heterocycles. The van der Waals surface area contributed by atoms with E-state index in [2.05, 4.69) is 29.2 Å². The van der Waals surface area contributed by atoms with Crippen LogP contribution in [0.3, 0.4) is 0 Å². The van der Waals surface area contributed by atoms with Gasteiger partial charge in [0, 0.05) is 13.0 Å². The van der Waals surface area contributed by atoms with Gasteiger partial charge in [-0.3, -0.25) is 9.59 Å². The number of aromatic nitrogens is 2. The molecule has 1 aromatic heterocycles. The fourth-order valence-corrected chi connectivity index (χ4v) is 6.18. The Kier molecular flexibility index (Phi) is 6.37. The third-order valence-corrected chi connectivity index (χ3v) is 8.61. The lowest BCUT2D eigenvalue weighted by Crippen LogP contribution is -2.42. The van der Waals surface area contributed by atoms with Gasteiger partial charge in [0.2, 0.25) is 0 Å². The molecule has 1 amide bonds. The molecule has 1 atom stereocenters. The van der Waals surface area contributed by atoms with Crippen LogP contribution in [0.5, 0.6) is 0 Å². The Morgan fingerprint density at radius 1 is 1.10 bits per heavy atom. The van der Waals surface area contributed by atoms with Gasteiger partial charge < -0.3 is 15.0 Å². The SMILES string of the molecule is O=C([C@H](O)c1cccc(C(F)(F)F)c1)N1CCc2nc(C3(c4cccc(C5CCCC5)c4)CC3)[nH]c(=O)c2C1. The van der Waals surface area contributed by atoms with Crippen molar-refractivity contribution >= 4 is 5.91 Å². The van der Waals surface area contributed by atoms with Gasteiger partial charge in [-0.15, -0.1) is 0 Å². The number of aliphatic hydroxyl groups excluding tert-OH is 1. The number of halogens is 3. The molecule has 2 aromatic carbocycles. The number of rotatable bonds is 5. The summed E-state index contributed by atoms with van der Waals surface area (Å²) in [4.78, 5) is 35.4. The molecule has 2 aliphatic carbocycles. The van der Waals surface area contributed by atoms with E-state index >= 15 is 0 Å². The van der Waals surface area contributed by atoms with E-state index < -0.39 is 23.8 Å². The number of H-pyrrole nitrogens is 1. The summed E-state index contributed by atoms with van der Waals surface area (Å²) in [7, 11) is 0. The molecule has 0 bridgehead atoms. The maximum absolute atomic E-state index is 13.2. The van der Waals surface area contributed by atoms with Crippen molar-refractivity contribution in [3.05, 3.63) is 98.2 Å². The van der Waals surface area contributed by atoms with Crippen molar-refractivity contribution < 1.29 is 23.1 Å². The number of nitrogens with zero attached hydrogens (tertiary/aromatic N) is 2. The normalized spacial score (nSPS) is 19.5. The highest BCUT2D eigenvalue weighted by atomic mass is 19.4. The number of fused-ring (bicyclic) bond motifs is 1. The van der Waals surface area contributed by atoms with E-state index in [-0.39, 0.29) is 29.6 Å². The summed E-state index contributed by atoms with van der Waals surface area (Å²) < 4.78 is 39.3. The monoisotopic (exact) mass is 537 g/mol. The predicted octanol–water partition coefficient (Wildman–Crippen LogP) is 5.14. The third kappa shape index (κ3) is 4.77. The van der Waals surface area contributed by atoms with Crippen LogP contribution in [0, 0.1) is 0 Å². The van der Waals surface area contributed by atoms with Gasteiger partial charge >= 0.3 is 6.18 Å². The van der Waals surface area contributed by atoms with Crippen LogP contribution in [0.25, 0.3) is 0 Å². The number of alkyl halides is 3. The second-order valence-corrected chi connectivity index (χ2v) is 11.1. The number of hydrogen-bond acceptors (Lipinski definition) is 4. The lowest BCUT2D eigenvalue weighted by molar-refractivity contribution is -0.142. The Morgan fingerprint density at radius 2 is 1.85 bits per heavy atom. The molecule has 204 valence electrons. The van der Waals surface area contributed by atoms with Gasteiger partial charge in [0.25, 0.3) is 11.5 Å². The van der Waals surface area contributed by atoms with Crippen LogP contribution in [-0.2, 0) is 29.4 Å². The molecule has 2 saturated carbocycles. The van der Waals surface area contributed by atoms with Gasteiger partial charge in [-0.2, -0.15) is 13.2 Å². The Morgan fingerprint density at radius 3 is 2.56 bits per heavy atom. The molecular formula is C30H30F3N3O3. The largest absolute Gasteiger partial charge is 0.416 e. The van der Waals surface area contributed by atoms with E-state index in [1.807, 2.05) is 0 Å². The molecule has 9 heteroatoms. The minimum Gasteiger partial charge on any atom is -0.378 e. The first-order chi connectivity index (χ1) is 18.7. The molecule has 0 radical (unpaired) electrons. The minimum absolute atomic E-state index is 0.0586. The molecular weight excluding hydrogens is 507 g/mol. The number of benzene rings is 2. The van der Waals surface area contributed by atoms with Crippen LogP contribution >= 0.6 is 0 Å². The van der Waals surface area contributed by atoms with Crippen LogP contribution in [0.2, 0.25) is 0 Å². The summed E-state index contributed by atoms with van der Waals surface area (Å²) in [5.74, 6) is 0.496. The van der Waals surface area contributed by atoms with E-state index in [0.29, 0.717) is 29.4 Å². The summed E-state index contributed by atoms with van der Waals surface area (Å²) in [5.41, 5.74) is 1.80. The van der Waals surface area contributed by atoms with Crippen molar-refractivity contribution in [2.75, 3.05) is 6.54 Å². The highest BCUT2D eigenvalue weighted by Crippen LogP contribution is 2.52. The first-order valence-corrected chi connectivity index (χ1v) is 13.5. The van der Waals surface area contributed by atoms with Crippen molar-refractivity contribution in [2.24, 2.45) is 0 Å². The maximum Gasteiger partial charge on any atom is 0.416 e. The Hall–Kier alpha value is -3.46. The molecule has 6 nitrogen and oxygen atoms in total. The van der Waals surface area contributed by atoms with E-state index in [4.69, 9.17) is 4.98 Å². The summed E-state index contributed by atoms with van der Waals surface area (Å²) in [6, 6.07) is 12.8. The smallest absolute Gasteiger partial charge is 0.378 e. The van der Waals surface area contributed by atoms with Crippen LogP contribution in [0.15, 0.2) is 53.3 Å². The van der Waals surface area contributed by atoms with Crippen molar-refractivity contribution in [1.82, 2.24) is 14.9 Å². The highest BCUT2D eigenvalue weighted by molar-refractivity contribution is 5.82. The average molecular weight is 538 g/mol. The van der Waals surface area contributed by atoms with Crippen LogP contribution in [0.4, 0.5) is 13.2 Å². The van der Waals surface area contributed by atoms with Crippen molar-refractivity contribution in [1.29, 1.82) is 0 Å². The zero-order valence-electron chi connectivity index (χ0n) is 21.4. The maximum atomic E-state index is 13.2. The van der Waals surface area contributed by atoms with Gasteiger partial charge in [-0.05, 0) is 60.4 Å². The molecule has 0 spiro atoms. The Labute approximate surface area is 223 Å². The molecule has 2 fully saturated rings. The van der Waals surface area contributed by atoms with Crippen LogP contribution in [0.1, 0.15) is 89.9 Å². The fraction of sp³-hybridized carbons (Fsp3) is 0.433. The molecule has 39 heavy (non-hydrogen) atoms. The number of nitrogens with one attached hydrogen (secondary N) is 1. The minimum atomic E-state index is -4.59. The van der Waals surface area contributed by atoms with Crippen molar-refractivity contribution in [3.8, 4) is 0 Å². The standard InChI is InChI=1S/C30H30F3N3O3/c31-30(32,33)22-10-4-8-20(16-22)25(37)27(39)36-14-11-24-23(17-36)26(38)35-28(34-24)29(12-13-29)21-9-3-7-19(15-21)18-5-1-2-6-18/h3-4,7-10,15-16,18,25,37H,1-2,5-6,11-14,17H2,(H,34,35,38)/t25-/m1/s1. The van der Waals surface area contributed by atoms with Crippen LogP contribution < -0.4 is 5.56 Å². The first kappa shape index (κ1) is 25.8. The number of hydrogen-bond donors (Lipinski definition) is 2. The zero-order chi connectivity index (χ0) is 27.4. The fourth-order valence-electron chi connectivity index (χ4n) is 6.18. The Bertz CT molecular complexity index is 1470. The topological polar surface area (TPSA) is 86.3 Å². The summed E-state index contributed by atoms with van der Waals surface area (Å²) >= 11 is 0. The molecule has 3 aromatic rings. The average Bonchev–Trinajstić information content (AvgIpc) is 3.57. The number of amides is 1. The van der Waals surface area contributed by atoms with E-state index in [1.54, 1.807) is 0 Å². The van der Waals surface area contributed by atoms with Gasteiger partial charge in [0.05, 0.1) is 28.8 Å². The van der Waals surface area contributed by atoms with E-state index in [0.717, 1.165) is 31.0 Å². The Balaban J connectivity index is 1.23. The second kappa shape index (κ2) is 9.62. The highest BCUT2D eigenvalue weighted by Gasteiger charge is 2.49. The van der Waals surface area contributed by atoms with Crippen molar-refractivity contribution in [2.45, 2.75) is 75.1 Å². The zero-order valence-corrected chi connectivity index (χ0v) is 21.4. The summed E-state index contributed by atoms with van der Waals surface area (Å²) in [6.07, 6.45) is 0.716. The number of aromatic amines is 1. The lowest BCUT2D eigenvalue weighted by Gasteiger charge is -2.30. The lowest BCUT2D eigenvalue weighted by atomic mass is 9.89. The number of carbonyl (C=O) groups excluding carboxylic acids is 1. The number of aliphatic hydroxyl groups is 1. The van der Waals surface area contributed by atoms with Gasteiger partial charge in [0.15, 0.2) is 6.10 Å². The molecule has 0 unspecified atom stereocenters. The second-order valence-electron chi connectivity index (χ2n) is 11.1. The first-order valence-electron chi connectivity index (χ1n) is 13.5. The molecule has 6 rings (SSSR count). The third-order valence-electron chi connectivity index (χ3n) is 8.61. The molecule has 2 N–H and O–H groups in total. The molecule has 1 aliphatic heterocycles. The van der Waals surface area contributed by atoms with E-state index in [1.165, 1.54) is 47.8 Å². The molecule has 2 heterocycles. The van der Waals surface area contributed by atoms with Gasteiger partial charge in [0.1, 0.15) is 5.82 Å².